The summed E-state index contributed by atoms with van der Waals surface area (Å²) in [7, 11) is 1.59. The summed E-state index contributed by atoms with van der Waals surface area (Å²) in [4.78, 5) is 17.4. The van der Waals surface area contributed by atoms with E-state index in [1.54, 1.807) is 13.2 Å². The van der Waals surface area contributed by atoms with Gasteiger partial charge in [0.2, 0.25) is 5.91 Å². The molecule has 3 N–H and O–H groups in total. The highest BCUT2D eigenvalue weighted by Gasteiger charge is 2.54. The predicted molar refractivity (Wildman–Crippen MR) is 104 cm³/mol. The Hall–Kier alpha value is -1.75. The van der Waals surface area contributed by atoms with Crippen LogP contribution < -0.4 is 15.8 Å². The molecule has 0 heterocycles. The number of nitrogens with two attached hydrogens (primary N) is 1. The molecule has 4 saturated carbocycles. The second-order valence-corrected chi connectivity index (χ2v) is 8.54. The number of rotatable bonds is 5. The number of anilines is 1. The third-order valence-corrected chi connectivity index (χ3v) is 6.64. The molecule has 0 unspecified atom stereocenters. The number of nitrogens with one attached hydrogen (secondary N) is 1. The predicted octanol–water partition coefficient (Wildman–Crippen LogP) is 4.08. The molecule has 6 heteroatoms. The Morgan fingerprint density at radius 3 is 2.42 bits per heavy atom. The maximum Gasteiger partial charge on any atom is 0.230 e. The summed E-state index contributed by atoms with van der Waals surface area (Å²) in [5, 5.41) is 3.14. The van der Waals surface area contributed by atoms with Crippen molar-refractivity contribution in [3.05, 3.63) is 18.2 Å². The van der Waals surface area contributed by atoms with Crippen LogP contribution >= 0.6 is 11.6 Å². The van der Waals surface area contributed by atoms with Gasteiger partial charge in [-0.25, -0.2) is 4.99 Å². The summed E-state index contributed by atoms with van der Waals surface area (Å²) in [6.07, 6.45) is 7.10. The molecule has 0 spiro atoms. The van der Waals surface area contributed by atoms with Crippen LogP contribution in [-0.4, -0.2) is 24.7 Å². The zero-order valence-corrected chi connectivity index (χ0v) is 15.9. The third-order valence-electron chi connectivity index (χ3n) is 6.36. The lowest BCUT2D eigenvalue weighted by atomic mass is 9.49. The minimum atomic E-state index is -0.181. The number of hydrogen-bond acceptors (Lipinski definition) is 3. The number of benzene rings is 1. The van der Waals surface area contributed by atoms with Gasteiger partial charge in [0.1, 0.15) is 11.6 Å². The summed E-state index contributed by atoms with van der Waals surface area (Å²) in [6.45, 7) is 0. The fourth-order valence-corrected chi connectivity index (χ4v) is 5.75. The molecule has 4 fully saturated rings. The van der Waals surface area contributed by atoms with Crippen LogP contribution in [0, 0.1) is 23.2 Å². The lowest BCUT2D eigenvalue weighted by Crippen LogP contribution is -2.51. The van der Waals surface area contributed by atoms with Gasteiger partial charge in [-0.15, -0.1) is 11.6 Å². The average molecular weight is 376 g/mol. The summed E-state index contributed by atoms with van der Waals surface area (Å²) in [5.74, 6) is 3.49. The number of alkyl halides is 1. The van der Waals surface area contributed by atoms with Gasteiger partial charge in [-0.05, 0) is 68.4 Å². The van der Waals surface area contributed by atoms with Gasteiger partial charge in [-0.3, -0.25) is 4.79 Å². The molecule has 1 amide bonds. The van der Waals surface area contributed by atoms with Crippen LogP contribution in [-0.2, 0) is 4.79 Å². The average Bonchev–Trinajstić information content (AvgIpc) is 2.61. The van der Waals surface area contributed by atoms with Crippen molar-refractivity contribution in [1.82, 2.24) is 0 Å². The summed E-state index contributed by atoms with van der Waals surface area (Å²) < 4.78 is 5.46. The number of hydrogen-bond donors (Lipinski definition) is 2. The van der Waals surface area contributed by atoms with Crippen LogP contribution in [0.15, 0.2) is 23.2 Å². The molecule has 5 rings (SSSR count). The van der Waals surface area contributed by atoms with Crippen LogP contribution in [0.4, 0.5) is 11.4 Å². The number of nitrogens with zero attached hydrogens (tertiary/aromatic N) is 1. The van der Waals surface area contributed by atoms with Crippen molar-refractivity contribution in [3.63, 3.8) is 0 Å². The quantitative estimate of drug-likeness (QED) is 0.462. The summed E-state index contributed by atoms with van der Waals surface area (Å²) in [5.41, 5.74) is 6.86. The van der Waals surface area contributed by atoms with E-state index >= 15 is 0 Å². The van der Waals surface area contributed by atoms with Gasteiger partial charge < -0.3 is 15.8 Å². The zero-order valence-electron chi connectivity index (χ0n) is 15.1. The lowest BCUT2D eigenvalue weighted by Gasteiger charge is -2.55. The van der Waals surface area contributed by atoms with Gasteiger partial charge in [0.25, 0.3) is 0 Å². The fraction of sp³-hybridized carbons (Fsp3) is 0.600. The highest BCUT2D eigenvalue weighted by Crippen LogP contribution is 2.60. The highest BCUT2D eigenvalue weighted by molar-refractivity contribution is 6.28. The van der Waals surface area contributed by atoms with E-state index in [4.69, 9.17) is 22.1 Å². The molecule has 26 heavy (non-hydrogen) atoms. The highest BCUT2D eigenvalue weighted by atomic mass is 35.5. The van der Waals surface area contributed by atoms with Gasteiger partial charge in [0.15, 0.2) is 0 Å². The Morgan fingerprint density at radius 1 is 1.27 bits per heavy atom. The van der Waals surface area contributed by atoms with Crippen LogP contribution in [0.3, 0.4) is 0 Å². The van der Waals surface area contributed by atoms with Crippen molar-refractivity contribution >= 4 is 34.7 Å². The maximum atomic E-state index is 13.2. The van der Waals surface area contributed by atoms with Crippen molar-refractivity contribution < 1.29 is 9.53 Å². The van der Waals surface area contributed by atoms with Crippen molar-refractivity contribution in [1.29, 1.82) is 0 Å². The van der Waals surface area contributed by atoms with Gasteiger partial charge in [-0.2, -0.15) is 0 Å². The molecule has 1 aromatic rings. The lowest BCUT2D eigenvalue weighted by molar-refractivity contribution is -0.140. The van der Waals surface area contributed by atoms with E-state index in [2.05, 4.69) is 10.3 Å². The maximum absolute atomic E-state index is 13.2. The molecule has 0 saturated heterocycles. The van der Waals surface area contributed by atoms with Crippen molar-refractivity contribution in [2.75, 3.05) is 18.3 Å². The third kappa shape index (κ3) is 3.18. The number of amides is 1. The molecule has 0 aromatic heterocycles. The van der Waals surface area contributed by atoms with Gasteiger partial charge in [0, 0.05) is 6.07 Å². The number of halogens is 1. The molecular weight excluding hydrogens is 350 g/mol. The van der Waals surface area contributed by atoms with Crippen molar-refractivity contribution in [3.8, 4) is 5.75 Å². The monoisotopic (exact) mass is 375 g/mol. The second-order valence-electron chi connectivity index (χ2n) is 8.27. The minimum absolute atomic E-state index is 0.159. The van der Waals surface area contributed by atoms with Crippen LogP contribution in [0.25, 0.3) is 0 Å². The number of ether oxygens (including phenoxy) is 1. The van der Waals surface area contributed by atoms with Crippen LogP contribution in [0.1, 0.15) is 38.5 Å². The number of amidine groups is 1. The van der Waals surface area contributed by atoms with Crippen molar-refractivity contribution in [2.45, 2.75) is 38.5 Å². The number of carbonyl (C=O) groups is 1. The number of carbonyl (C=O) groups excluding carboxylic acids is 1. The Kier molecular flexibility index (Phi) is 4.59. The van der Waals surface area contributed by atoms with Gasteiger partial charge in [0.05, 0.1) is 29.8 Å². The Balaban J connectivity index is 1.54. The minimum Gasteiger partial charge on any atom is -0.494 e. The molecule has 4 aliphatic carbocycles. The molecule has 4 aliphatic rings. The normalized spacial score (nSPS) is 32.5. The van der Waals surface area contributed by atoms with E-state index in [1.165, 1.54) is 19.3 Å². The van der Waals surface area contributed by atoms with E-state index in [-0.39, 0.29) is 17.2 Å². The van der Waals surface area contributed by atoms with E-state index in [0.717, 1.165) is 37.0 Å². The fourth-order valence-electron chi connectivity index (χ4n) is 5.69. The first-order valence-corrected chi connectivity index (χ1v) is 9.93. The van der Waals surface area contributed by atoms with E-state index in [1.807, 2.05) is 12.1 Å². The number of aliphatic imine (C=N–C) groups is 1. The Bertz CT molecular complexity index is 711. The van der Waals surface area contributed by atoms with Gasteiger partial charge in [-0.1, -0.05) is 0 Å². The zero-order chi connectivity index (χ0) is 18.3. The molecule has 0 radical (unpaired) electrons. The first-order chi connectivity index (χ1) is 12.5. The Morgan fingerprint density at radius 2 is 1.88 bits per heavy atom. The Labute approximate surface area is 159 Å². The smallest absolute Gasteiger partial charge is 0.230 e. The molecular formula is C20H26ClN3O2. The van der Waals surface area contributed by atoms with E-state index < -0.39 is 0 Å². The second kappa shape index (κ2) is 6.76. The van der Waals surface area contributed by atoms with Crippen LogP contribution in [0.5, 0.6) is 5.75 Å². The summed E-state index contributed by atoms with van der Waals surface area (Å²) >= 11 is 5.68. The van der Waals surface area contributed by atoms with Crippen molar-refractivity contribution in [2.24, 2.45) is 33.9 Å². The number of methoxy groups -OCH3 is 1. The standard InChI is InChI=1S/C20H26ClN3O2/c1-26-17-7-15(23-18(22)11-21)2-3-16(17)24-19(25)20-8-12-4-13(9-20)6-14(5-12)10-20/h2-3,7,12-14H,4-6,8-11H2,1H3,(H2,22,23)(H,24,25). The van der Waals surface area contributed by atoms with E-state index in [9.17, 15) is 4.79 Å². The van der Waals surface area contributed by atoms with E-state index in [0.29, 0.717) is 23.0 Å². The summed E-state index contributed by atoms with van der Waals surface area (Å²) in [6, 6.07) is 5.42. The SMILES string of the molecule is COc1cc(N=C(N)CCl)ccc1NC(=O)C12CC3CC(CC(C3)C1)C2. The van der Waals surface area contributed by atoms with Crippen LogP contribution in [0.2, 0.25) is 0 Å². The molecule has 140 valence electrons. The molecule has 1 aromatic carbocycles. The van der Waals surface area contributed by atoms with Gasteiger partial charge >= 0.3 is 0 Å². The largest absolute Gasteiger partial charge is 0.494 e. The topological polar surface area (TPSA) is 76.7 Å². The molecule has 0 aliphatic heterocycles. The first-order valence-electron chi connectivity index (χ1n) is 9.40. The molecule has 0 atom stereocenters. The molecule has 4 bridgehead atoms. The molecule has 5 nitrogen and oxygen atoms in total. The first kappa shape index (κ1) is 17.7.